The molecule has 0 fully saturated rings. The highest BCUT2D eigenvalue weighted by Gasteiger charge is 2.24. The largest absolute Gasteiger partial charge is 0.396 e. The lowest BCUT2D eigenvalue weighted by Crippen LogP contribution is -2.32. The minimum Gasteiger partial charge on any atom is -0.396 e. The smallest absolute Gasteiger partial charge is 0.0504 e. The topological polar surface area (TPSA) is 32.3 Å². The summed E-state index contributed by atoms with van der Waals surface area (Å²) in [6.45, 7) is 5.31. The Kier molecular flexibility index (Phi) is 5.29. The second-order valence-corrected chi connectivity index (χ2v) is 5.14. The van der Waals surface area contributed by atoms with Gasteiger partial charge in [0.1, 0.15) is 0 Å². The van der Waals surface area contributed by atoms with E-state index in [1.807, 2.05) is 24.3 Å². The Hall–Kier alpha value is -0.540. The van der Waals surface area contributed by atoms with Crippen LogP contribution in [0.3, 0.4) is 0 Å². The van der Waals surface area contributed by atoms with Crippen LogP contribution in [-0.4, -0.2) is 18.3 Å². The zero-order valence-electron chi connectivity index (χ0n) is 9.96. The fourth-order valence-electron chi connectivity index (χ4n) is 1.64. The molecule has 3 heteroatoms. The van der Waals surface area contributed by atoms with Gasteiger partial charge in [0.25, 0.3) is 0 Å². The number of nitrogens with one attached hydrogen (secondary N) is 1. The molecule has 0 aromatic heterocycles. The first kappa shape index (κ1) is 13.5. The third kappa shape index (κ3) is 3.49. The van der Waals surface area contributed by atoms with E-state index in [4.69, 9.17) is 0 Å². The first-order valence-electron chi connectivity index (χ1n) is 5.76. The molecule has 0 unspecified atom stereocenters. The zero-order valence-corrected chi connectivity index (χ0v) is 11.5. The quantitative estimate of drug-likeness (QED) is 0.836. The van der Waals surface area contributed by atoms with Crippen LogP contribution in [0, 0.1) is 5.41 Å². The van der Waals surface area contributed by atoms with Crippen molar-refractivity contribution in [1.82, 2.24) is 0 Å². The molecule has 0 amide bonds. The third-order valence-electron chi connectivity index (χ3n) is 3.35. The summed E-state index contributed by atoms with van der Waals surface area (Å²) in [4.78, 5) is 0. The molecule has 1 aromatic carbocycles. The molecule has 0 saturated heterocycles. The van der Waals surface area contributed by atoms with Crippen LogP contribution < -0.4 is 5.32 Å². The van der Waals surface area contributed by atoms with Gasteiger partial charge >= 0.3 is 0 Å². The Morgan fingerprint density at radius 3 is 2.19 bits per heavy atom. The fourth-order valence-corrected chi connectivity index (χ4v) is 1.90. The van der Waals surface area contributed by atoms with Crippen LogP contribution in [0.4, 0.5) is 5.69 Å². The van der Waals surface area contributed by atoms with Crippen LogP contribution in [0.1, 0.15) is 26.7 Å². The highest BCUT2D eigenvalue weighted by Crippen LogP contribution is 2.26. The third-order valence-corrected chi connectivity index (χ3v) is 3.88. The second kappa shape index (κ2) is 6.26. The van der Waals surface area contributed by atoms with Gasteiger partial charge in [-0.25, -0.2) is 0 Å². The van der Waals surface area contributed by atoms with Crippen molar-refractivity contribution in [2.75, 3.05) is 18.5 Å². The van der Waals surface area contributed by atoms with Gasteiger partial charge in [-0.15, -0.1) is 0 Å². The van der Waals surface area contributed by atoms with Crippen LogP contribution in [0.2, 0.25) is 0 Å². The van der Waals surface area contributed by atoms with Crippen LogP contribution in [0.15, 0.2) is 28.7 Å². The number of anilines is 1. The highest BCUT2D eigenvalue weighted by atomic mass is 79.9. The zero-order chi connectivity index (χ0) is 12.0. The molecule has 0 radical (unpaired) electrons. The van der Waals surface area contributed by atoms with Crippen molar-refractivity contribution in [1.29, 1.82) is 0 Å². The second-order valence-electron chi connectivity index (χ2n) is 4.23. The monoisotopic (exact) mass is 285 g/mol. The fraction of sp³-hybridized carbons (Fsp3) is 0.538. The van der Waals surface area contributed by atoms with Crippen molar-refractivity contribution in [3.63, 3.8) is 0 Å². The van der Waals surface area contributed by atoms with E-state index in [1.54, 1.807) is 0 Å². The molecule has 0 aliphatic carbocycles. The molecular formula is C13H20BrNO. The maximum absolute atomic E-state index is 9.45. The molecule has 0 aliphatic heterocycles. The maximum atomic E-state index is 9.45. The van der Waals surface area contributed by atoms with Crippen LogP contribution in [-0.2, 0) is 0 Å². The summed E-state index contributed by atoms with van der Waals surface area (Å²) in [5.74, 6) is 0. The molecule has 0 atom stereocenters. The molecule has 0 bridgehead atoms. The Bertz CT molecular complexity index is 298. The highest BCUT2D eigenvalue weighted by molar-refractivity contribution is 9.10. The van der Waals surface area contributed by atoms with E-state index < -0.39 is 0 Å². The lowest BCUT2D eigenvalue weighted by atomic mass is 9.83. The molecule has 2 nitrogen and oxygen atoms in total. The average molecular weight is 286 g/mol. The molecule has 0 aliphatic rings. The molecule has 16 heavy (non-hydrogen) atoms. The van der Waals surface area contributed by atoms with Gasteiger partial charge in [0.05, 0.1) is 6.61 Å². The molecule has 90 valence electrons. The molecule has 1 aromatic rings. The molecule has 0 heterocycles. The standard InChI is InChI=1S/C13H20BrNO/c1-3-13(4-2,10-16)9-15-12-7-5-11(14)6-8-12/h5-8,15-16H,3-4,9-10H2,1-2H3. The van der Waals surface area contributed by atoms with Crippen molar-refractivity contribution in [2.24, 2.45) is 5.41 Å². The first-order valence-corrected chi connectivity index (χ1v) is 6.55. The Balaban J connectivity index is 2.58. The van der Waals surface area contributed by atoms with Gasteiger partial charge < -0.3 is 10.4 Å². The number of benzene rings is 1. The summed E-state index contributed by atoms with van der Waals surface area (Å²) < 4.78 is 1.08. The van der Waals surface area contributed by atoms with Crippen LogP contribution >= 0.6 is 15.9 Å². The lowest BCUT2D eigenvalue weighted by Gasteiger charge is -2.30. The van der Waals surface area contributed by atoms with E-state index in [1.165, 1.54) is 0 Å². The SMILES string of the molecule is CCC(CC)(CO)CNc1ccc(Br)cc1. The molecular weight excluding hydrogens is 266 g/mol. The van der Waals surface area contributed by atoms with Gasteiger partial charge in [-0.2, -0.15) is 0 Å². The molecule has 1 rings (SSSR count). The summed E-state index contributed by atoms with van der Waals surface area (Å²) in [7, 11) is 0. The summed E-state index contributed by atoms with van der Waals surface area (Å²) in [5, 5.41) is 12.8. The summed E-state index contributed by atoms with van der Waals surface area (Å²) >= 11 is 3.41. The number of halogens is 1. The molecule has 0 saturated carbocycles. The van der Waals surface area contributed by atoms with Crippen molar-refractivity contribution in [3.8, 4) is 0 Å². The lowest BCUT2D eigenvalue weighted by molar-refractivity contribution is 0.127. The van der Waals surface area contributed by atoms with E-state index in [-0.39, 0.29) is 12.0 Å². The van der Waals surface area contributed by atoms with Crippen molar-refractivity contribution < 1.29 is 5.11 Å². The number of aliphatic hydroxyl groups is 1. The normalized spacial score (nSPS) is 11.5. The number of hydrogen-bond acceptors (Lipinski definition) is 2. The van der Waals surface area contributed by atoms with Gasteiger partial charge in [0.15, 0.2) is 0 Å². The predicted octanol–water partition coefficient (Wildman–Crippen LogP) is 3.66. The number of rotatable bonds is 6. The Morgan fingerprint density at radius 2 is 1.75 bits per heavy atom. The van der Waals surface area contributed by atoms with E-state index in [0.717, 1.165) is 29.5 Å². The van der Waals surface area contributed by atoms with E-state index in [2.05, 4.69) is 35.1 Å². The number of aliphatic hydroxyl groups excluding tert-OH is 1. The van der Waals surface area contributed by atoms with E-state index >= 15 is 0 Å². The minimum atomic E-state index is 0.00702. The summed E-state index contributed by atoms with van der Waals surface area (Å²) in [6, 6.07) is 8.11. The van der Waals surface area contributed by atoms with Gasteiger partial charge in [-0.1, -0.05) is 29.8 Å². The molecule has 0 spiro atoms. The van der Waals surface area contributed by atoms with Crippen LogP contribution in [0.25, 0.3) is 0 Å². The van der Waals surface area contributed by atoms with E-state index in [0.29, 0.717) is 0 Å². The number of hydrogen-bond donors (Lipinski definition) is 2. The maximum Gasteiger partial charge on any atom is 0.0504 e. The molecule has 2 N–H and O–H groups in total. The summed E-state index contributed by atoms with van der Waals surface area (Å²) in [5.41, 5.74) is 1.11. The van der Waals surface area contributed by atoms with Gasteiger partial charge in [-0.05, 0) is 37.1 Å². The van der Waals surface area contributed by atoms with Gasteiger partial charge in [-0.3, -0.25) is 0 Å². The van der Waals surface area contributed by atoms with Gasteiger partial charge in [0.2, 0.25) is 0 Å². The van der Waals surface area contributed by atoms with Crippen molar-refractivity contribution in [2.45, 2.75) is 26.7 Å². The minimum absolute atomic E-state index is 0.00702. The van der Waals surface area contributed by atoms with E-state index in [9.17, 15) is 5.11 Å². The van der Waals surface area contributed by atoms with Crippen molar-refractivity contribution in [3.05, 3.63) is 28.7 Å². The first-order chi connectivity index (χ1) is 7.65. The average Bonchev–Trinajstić information content (AvgIpc) is 2.34. The van der Waals surface area contributed by atoms with Crippen molar-refractivity contribution >= 4 is 21.6 Å². The van der Waals surface area contributed by atoms with Gasteiger partial charge in [0, 0.05) is 22.1 Å². The Morgan fingerprint density at radius 1 is 1.19 bits per heavy atom. The Labute approximate surface area is 106 Å². The predicted molar refractivity (Wildman–Crippen MR) is 72.7 cm³/mol. The summed E-state index contributed by atoms with van der Waals surface area (Å²) in [6.07, 6.45) is 1.98. The van der Waals surface area contributed by atoms with Crippen LogP contribution in [0.5, 0.6) is 0 Å².